The lowest BCUT2D eigenvalue weighted by molar-refractivity contribution is 0.231. The van der Waals surface area contributed by atoms with Gasteiger partial charge in [0.15, 0.2) is 11.6 Å². The first-order valence-corrected chi connectivity index (χ1v) is 8.57. The third-order valence-corrected chi connectivity index (χ3v) is 3.67. The number of carbonyl (C=O) groups is 1. The molecule has 2 rings (SSSR count). The highest BCUT2D eigenvalue weighted by atomic mass is 19.1. The molecule has 6 heteroatoms. The lowest BCUT2D eigenvalue weighted by Crippen LogP contribution is -2.36. The maximum Gasteiger partial charge on any atom is 0.315 e. The fourth-order valence-electron chi connectivity index (χ4n) is 2.36. The number of carbonyl (C=O) groups excluding carboxylic acids is 1. The summed E-state index contributed by atoms with van der Waals surface area (Å²) >= 11 is 0. The van der Waals surface area contributed by atoms with Crippen molar-refractivity contribution in [3.8, 4) is 11.5 Å². The summed E-state index contributed by atoms with van der Waals surface area (Å²) in [5, 5.41) is 5.50. The highest BCUT2D eigenvalue weighted by Crippen LogP contribution is 2.19. The van der Waals surface area contributed by atoms with Crippen LogP contribution < -0.4 is 20.1 Å². The summed E-state index contributed by atoms with van der Waals surface area (Å²) in [4.78, 5) is 11.8. The lowest BCUT2D eigenvalue weighted by Gasteiger charge is -2.12. The number of rotatable bonds is 8. The van der Waals surface area contributed by atoms with E-state index in [0.717, 1.165) is 11.3 Å². The molecule has 0 atom stereocenters. The third-order valence-electron chi connectivity index (χ3n) is 3.67. The Labute approximate surface area is 153 Å². The van der Waals surface area contributed by atoms with Gasteiger partial charge in [0.2, 0.25) is 0 Å². The minimum atomic E-state index is -0.432. The average Bonchev–Trinajstić information content (AvgIpc) is 2.62. The van der Waals surface area contributed by atoms with Crippen molar-refractivity contribution in [2.75, 3.05) is 13.7 Å². The molecule has 0 saturated heterocycles. The van der Waals surface area contributed by atoms with Gasteiger partial charge in [-0.25, -0.2) is 9.18 Å². The molecule has 2 amide bonds. The third kappa shape index (κ3) is 6.27. The van der Waals surface area contributed by atoms with E-state index in [1.807, 2.05) is 38.1 Å². The van der Waals surface area contributed by atoms with Crippen LogP contribution in [0.1, 0.15) is 25.0 Å². The van der Waals surface area contributed by atoms with Crippen LogP contribution >= 0.6 is 0 Å². The molecule has 0 aliphatic heterocycles. The Kier molecular flexibility index (Phi) is 7.26. The summed E-state index contributed by atoms with van der Waals surface area (Å²) < 4.78 is 24.4. The fraction of sp³-hybridized carbons (Fsp3) is 0.350. The van der Waals surface area contributed by atoms with E-state index in [1.54, 1.807) is 19.2 Å². The molecule has 0 aliphatic carbocycles. The van der Waals surface area contributed by atoms with Crippen molar-refractivity contribution in [1.29, 1.82) is 0 Å². The summed E-state index contributed by atoms with van der Waals surface area (Å²) in [7, 11) is 1.62. The van der Waals surface area contributed by atoms with Gasteiger partial charge in [-0.3, -0.25) is 0 Å². The quantitative estimate of drug-likeness (QED) is 0.755. The second kappa shape index (κ2) is 9.65. The Balaban J connectivity index is 1.73. The van der Waals surface area contributed by atoms with Crippen LogP contribution in [0, 0.1) is 5.82 Å². The largest absolute Gasteiger partial charge is 0.497 e. The molecule has 26 heavy (non-hydrogen) atoms. The number of ether oxygens (including phenoxy) is 2. The van der Waals surface area contributed by atoms with Crippen molar-refractivity contribution in [2.24, 2.45) is 0 Å². The fourth-order valence-corrected chi connectivity index (χ4v) is 2.36. The van der Waals surface area contributed by atoms with Gasteiger partial charge >= 0.3 is 6.03 Å². The van der Waals surface area contributed by atoms with Crippen molar-refractivity contribution in [2.45, 2.75) is 32.9 Å². The first-order chi connectivity index (χ1) is 12.5. The molecule has 0 heterocycles. The van der Waals surface area contributed by atoms with E-state index in [4.69, 9.17) is 9.47 Å². The summed E-state index contributed by atoms with van der Waals surface area (Å²) in [5.74, 6) is 0.585. The van der Waals surface area contributed by atoms with E-state index < -0.39 is 5.82 Å². The Hall–Kier alpha value is -2.76. The predicted octanol–water partition coefficient (Wildman–Crippen LogP) is 3.66. The zero-order chi connectivity index (χ0) is 18.9. The van der Waals surface area contributed by atoms with E-state index in [0.29, 0.717) is 18.5 Å². The van der Waals surface area contributed by atoms with Crippen LogP contribution in [-0.4, -0.2) is 25.8 Å². The summed E-state index contributed by atoms with van der Waals surface area (Å²) in [6, 6.07) is 12.1. The van der Waals surface area contributed by atoms with Gasteiger partial charge in [-0.15, -0.1) is 0 Å². The zero-order valence-electron chi connectivity index (χ0n) is 15.3. The van der Waals surface area contributed by atoms with Crippen molar-refractivity contribution in [3.63, 3.8) is 0 Å². The molecule has 2 aromatic rings. The first-order valence-electron chi connectivity index (χ1n) is 8.57. The Morgan fingerprint density at radius 3 is 2.38 bits per heavy atom. The molecule has 2 N–H and O–H groups in total. The Bertz CT molecular complexity index is 717. The molecule has 2 aromatic carbocycles. The van der Waals surface area contributed by atoms with Gasteiger partial charge in [0, 0.05) is 13.1 Å². The number of amides is 2. The summed E-state index contributed by atoms with van der Waals surface area (Å²) in [6.07, 6.45) is 0.623. The van der Waals surface area contributed by atoms with Crippen molar-refractivity contribution in [1.82, 2.24) is 10.6 Å². The van der Waals surface area contributed by atoms with E-state index >= 15 is 0 Å². The smallest absolute Gasteiger partial charge is 0.315 e. The van der Waals surface area contributed by atoms with Crippen molar-refractivity contribution >= 4 is 6.03 Å². The normalized spacial score (nSPS) is 10.5. The van der Waals surface area contributed by atoms with Gasteiger partial charge < -0.3 is 20.1 Å². The lowest BCUT2D eigenvalue weighted by atomic mass is 10.1. The van der Waals surface area contributed by atoms with E-state index in [-0.39, 0.29) is 24.4 Å². The highest BCUT2D eigenvalue weighted by molar-refractivity contribution is 5.73. The van der Waals surface area contributed by atoms with Gasteiger partial charge in [0.05, 0.1) is 13.2 Å². The zero-order valence-corrected chi connectivity index (χ0v) is 15.3. The number of nitrogens with one attached hydrogen (secondary N) is 2. The molecule has 0 fully saturated rings. The molecule has 5 nitrogen and oxygen atoms in total. The van der Waals surface area contributed by atoms with Gasteiger partial charge in [-0.2, -0.15) is 0 Å². The standard InChI is InChI=1S/C20H25FN2O3/c1-14(2)26-19-9-6-16(12-18(19)21)13-23-20(24)22-11-10-15-4-7-17(25-3)8-5-15/h4-9,12,14H,10-11,13H2,1-3H3,(H2,22,23,24). The molecule has 0 radical (unpaired) electrons. The number of benzene rings is 2. The topological polar surface area (TPSA) is 59.6 Å². The van der Waals surface area contributed by atoms with Crippen molar-refractivity contribution < 1.29 is 18.7 Å². The average molecular weight is 360 g/mol. The SMILES string of the molecule is COc1ccc(CCNC(=O)NCc2ccc(OC(C)C)c(F)c2)cc1. The Morgan fingerprint density at radius 1 is 1.08 bits per heavy atom. The van der Waals surface area contributed by atoms with Crippen LogP contribution in [0.4, 0.5) is 9.18 Å². The molecule has 0 aromatic heterocycles. The number of hydrogen-bond acceptors (Lipinski definition) is 3. The molecule has 140 valence electrons. The van der Waals surface area contributed by atoms with Gasteiger partial charge in [0.25, 0.3) is 0 Å². The monoisotopic (exact) mass is 360 g/mol. The minimum Gasteiger partial charge on any atom is -0.497 e. The first kappa shape index (κ1) is 19.6. The second-order valence-corrected chi connectivity index (χ2v) is 6.14. The highest BCUT2D eigenvalue weighted by Gasteiger charge is 2.07. The van der Waals surface area contributed by atoms with Crippen LogP contribution in [0.15, 0.2) is 42.5 Å². The second-order valence-electron chi connectivity index (χ2n) is 6.14. The van der Waals surface area contributed by atoms with Crippen molar-refractivity contribution in [3.05, 3.63) is 59.4 Å². The summed E-state index contributed by atoms with van der Waals surface area (Å²) in [6.45, 7) is 4.43. The maximum atomic E-state index is 13.9. The van der Waals surface area contributed by atoms with Gasteiger partial charge in [-0.1, -0.05) is 18.2 Å². The number of methoxy groups -OCH3 is 1. The molecular formula is C20H25FN2O3. The van der Waals surface area contributed by atoms with Crippen LogP contribution in [-0.2, 0) is 13.0 Å². The van der Waals surface area contributed by atoms with E-state index in [9.17, 15) is 9.18 Å². The van der Waals surface area contributed by atoms with Crippen LogP contribution in [0.2, 0.25) is 0 Å². The van der Waals surface area contributed by atoms with E-state index in [2.05, 4.69) is 10.6 Å². The van der Waals surface area contributed by atoms with Gasteiger partial charge in [-0.05, 0) is 55.7 Å². The molecule has 0 unspecified atom stereocenters. The predicted molar refractivity (Wildman–Crippen MR) is 99.1 cm³/mol. The van der Waals surface area contributed by atoms with Gasteiger partial charge in [0.1, 0.15) is 5.75 Å². The van der Waals surface area contributed by atoms with E-state index in [1.165, 1.54) is 6.07 Å². The Morgan fingerprint density at radius 2 is 1.77 bits per heavy atom. The molecular weight excluding hydrogens is 335 g/mol. The molecule has 0 bridgehead atoms. The van der Waals surface area contributed by atoms with Crippen LogP contribution in [0.5, 0.6) is 11.5 Å². The number of hydrogen-bond donors (Lipinski definition) is 2. The molecule has 0 saturated carbocycles. The number of urea groups is 1. The van der Waals surface area contributed by atoms with Crippen LogP contribution in [0.25, 0.3) is 0 Å². The molecule has 0 aliphatic rings. The molecule has 0 spiro atoms. The van der Waals surface area contributed by atoms with Crippen LogP contribution in [0.3, 0.4) is 0 Å². The summed E-state index contributed by atoms with van der Waals surface area (Å²) in [5.41, 5.74) is 1.78. The minimum absolute atomic E-state index is 0.0926. The number of halogens is 1. The maximum absolute atomic E-state index is 13.9.